The summed E-state index contributed by atoms with van der Waals surface area (Å²) in [6, 6.07) is 3.86. The molecule has 0 radical (unpaired) electrons. The SMILES string of the molecule is CSc1cncc(OBOc2cncc(SC)c2)c1. The van der Waals surface area contributed by atoms with Crippen LogP contribution in [0.2, 0.25) is 0 Å². The Morgan fingerprint density at radius 3 is 1.74 bits per heavy atom. The Morgan fingerprint density at radius 2 is 1.32 bits per heavy atom. The maximum absolute atomic E-state index is 5.49. The molecule has 19 heavy (non-hydrogen) atoms. The minimum Gasteiger partial charge on any atom is -0.527 e. The monoisotopic (exact) mass is 292 g/mol. The molecule has 0 saturated heterocycles. The van der Waals surface area contributed by atoms with E-state index in [1.54, 1.807) is 48.3 Å². The van der Waals surface area contributed by atoms with Crippen LogP contribution in [-0.4, -0.2) is 30.2 Å². The number of hydrogen-bond donors (Lipinski definition) is 0. The number of rotatable bonds is 6. The first-order chi connectivity index (χ1) is 9.31. The molecule has 0 spiro atoms. The highest BCUT2D eigenvalue weighted by atomic mass is 32.2. The van der Waals surface area contributed by atoms with E-state index in [9.17, 15) is 0 Å². The average Bonchev–Trinajstić information content (AvgIpc) is 2.48. The summed E-state index contributed by atoms with van der Waals surface area (Å²) >= 11 is 3.24. The van der Waals surface area contributed by atoms with Gasteiger partial charge in [-0.3, -0.25) is 9.97 Å². The number of pyridine rings is 2. The molecule has 0 unspecified atom stereocenters. The van der Waals surface area contributed by atoms with E-state index in [1.807, 2.05) is 24.6 Å². The van der Waals surface area contributed by atoms with Gasteiger partial charge in [0.15, 0.2) is 0 Å². The Balaban J connectivity index is 1.88. The van der Waals surface area contributed by atoms with Gasteiger partial charge >= 0.3 is 7.69 Å². The van der Waals surface area contributed by atoms with Crippen molar-refractivity contribution in [1.82, 2.24) is 9.97 Å². The molecule has 0 aliphatic heterocycles. The van der Waals surface area contributed by atoms with Crippen LogP contribution >= 0.6 is 23.5 Å². The van der Waals surface area contributed by atoms with Crippen LogP contribution in [0.15, 0.2) is 46.7 Å². The number of aromatic nitrogens is 2. The van der Waals surface area contributed by atoms with E-state index < -0.39 is 0 Å². The molecule has 2 aromatic rings. The first-order valence-electron chi connectivity index (χ1n) is 5.55. The standard InChI is InChI=1S/C12H13BN2O2S2/c1-18-11-3-9(5-14-7-11)16-13-17-10-4-12(19-2)8-15-6-10/h3-8,13H,1-2H3. The highest BCUT2D eigenvalue weighted by Gasteiger charge is 2.02. The lowest BCUT2D eigenvalue weighted by molar-refractivity contribution is 0.455. The zero-order valence-electron chi connectivity index (χ0n) is 10.7. The fourth-order valence-corrected chi connectivity index (χ4v) is 2.15. The molecule has 0 aliphatic rings. The van der Waals surface area contributed by atoms with Gasteiger partial charge < -0.3 is 9.31 Å². The third-order valence-corrected chi connectivity index (χ3v) is 3.69. The lowest BCUT2D eigenvalue weighted by Crippen LogP contribution is -2.11. The molecule has 0 saturated carbocycles. The Hall–Kier alpha value is -1.34. The first kappa shape index (κ1) is 14.1. The third kappa shape index (κ3) is 4.36. The lowest BCUT2D eigenvalue weighted by Gasteiger charge is -2.08. The second-order valence-corrected chi connectivity index (χ2v) is 5.29. The molecular formula is C12H13BN2O2S2. The van der Waals surface area contributed by atoms with Crippen molar-refractivity contribution in [3.8, 4) is 11.5 Å². The zero-order valence-corrected chi connectivity index (χ0v) is 12.3. The summed E-state index contributed by atoms with van der Waals surface area (Å²) in [5.74, 6) is 1.39. The number of nitrogens with zero attached hydrogens (tertiary/aromatic N) is 2. The fraction of sp³-hybridized carbons (Fsp3) is 0.167. The largest absolute Gasteiger partial charge is 0.576 e. The van der Waals surface area contributed by atoms with E-state index in [0.717, 1.165) is 9.79 Å². The van der Waals surface area contributed by atoms with Crippen molar-refractivity contribution in [2.45, 2.75) is 9.79 Å². The lowest BCUT2D eigenvalue weighted by atomic mass is 10.3. The summed E-state index contributed by atoms with van der Waals surface area (Å²) < 4.78 is 11.0. The Labute approximate surface area is 121 Å². The van der Waals surface area contributed by atoms with Crippen molar-refractivity contribution in [2.24, 2.45) is 0 Å². The highest BCUT2D eigenvalue weighted by Crippen LogP contribution is 2.20. The van der Waals surface area contributed by atoms with Crippen LogP contribution < -0.4 is 9.31 Å². The third-order valence-electron chi connectivity index (χ3n) is 2.30. The van der Waals surface area contributed by atoms with Gasteiger partial charge in [0.25, 0.3) is 0 Å². The molecule has 0 amide bonds. The van der Waals surface area contributed by atoms with Gasteiger partial charge in [0.05, 0.1) is 12.4 Å². The van der Waals surface area contributed by atoms with Crippen molar-refractivity contribution in [2.75, 3.05) is 12.5 Å². The van der Waals surface area contributed by atoms with E-state index >= 15 is 0 Å². The van der Waals surface area contributed by atoms with E-state index in [-0.39, 0.29) is 7.69 Å². The number of thioether (sulfide) groups is 2. The summed E-state index contributed by atoms with van der Waals surface area (Å²) in [6.07, 6.45) is 10.9. The first-order valence-corrected chi connectivity index (χ1v) is 8.00. The molecule has 0 N–H and O–H groups in total. The van der Waals surface area contributed by atoms with Gasteiger partial charge in [0, 0.05) is 22.2 Å². The van der Waals surface area contributed by atoms with Gasteiger partial charge in [0.2, 0.25) is 0 Å². The average molecular weight is 292 g/mol. The predicted molar refractivity (Wildman–Crippen MR) is 80.4 cm³/mol. The maximum atomic E-state index is 5.49. The second-order valence-electron chi connectivity index (χ2n) is 3.53. The van der Waals surface area contributed by atoms with Crippen LogP contribution in [0.4, 0.5) is 0 Å². The normalized spacial score (nSPS) is 10.0. The summed E-state index contributed by atoms with van der Waals surface area (Å²) in [6.45, 7) is 0. The number of hydrogen-bond acceptors (Lipinski definition) is 6. The molecule has 2 aromatic heterocycles. The van der Waals surface area contributed by atoms with Crippen LogP contribution in [0, 0.1) is 0 Å². The van der Waals surface area contributed by atoms with Crippen molar-refractivity contribution in [3.63, 3.8) is 0 Å². The maximum Gasteiger partial charge on any atom is 0.576 e. The summed E-state index contributed by atoms with van der Waals surface area (Å²) in [5.41, 5.74) is 0. The molecule has 0 bridgehead atoms. The second kappa shape index (κ2) is 7.30. The van der Waals surface area contributed by atoms with Crippen molar-refractivity contribution >= 4 is 31.2 Å². The molecule has 7 heteroatoms. The van der Waals surface area contributed by atoms with Crippen LogP contribution in [0.5, 0.6) is 11.5 Å². The topological polar surface area (TPSA) is 44.2 Å². The molecule has 0 aliphatic carbocycles. The van der Waals surface area contributed by atoms with E-state index in [0.29, 0.717) is 11.5 Å². The smallest absolute Gasteiger partial charge is 0.527 e. The molecule has 2 rings (SSSR count). The van der Waals surface area contributed by atoms with Gasteiger partial charge in [-0.15, -0.1) is 23.5 Å². The minimum absolute atomic E-state index is 0.138. The molecule has 4 nitrogen and oxygen atoms in total. The van der Waals surface area contributed by atoms with E-state index in [1.165, 1.54) is 0 Å². The summed E-state index contributed by atoms with van der Waals surface area (Å²) in [4.78, 5) is 10.3. The Bertz CT molecular complexity index is 495. The van der Waals surface area contributed by atoms with Crippen molar-refractivity contribution < 1.29 is 9.31 Å². The molecule has 0 atom stereocenters. The van der Waals surface area contributed by atoms with Gasteiger partial charge in [0.1, 0.15) is 11.5 Å². The molecular weight excluding hydrogens is 279 g/mol. The Kier molecular flexibility index (Phi) is 5.41. The van der Waals surface area contributed by atoms with Gasteiger partial charge in [-0.05, 0) is 24.6 Å². The summed E-state index contributed by atoms with van der Waals surface area (Å²) in [5, 5.41) is 0. The van der Waals surface area contributed by atoms with Crippen LogP contribution in [0.25, 0.3) is 0 Å². The quantitative estimate of drug-likeness (QED) is 0.602. The van der Waals surface area contributed by atoms with Crippen LogP contribution in [0.1, 0.15) is 0 Å². The molecule has 2 heterocycles. The van der Waals surface area contributed by atoms with Gasteiger partial charge in [-0.1, -0.05) is 0 Å². The molecule has 0 aromatic carbocycles. The van der Waals surface area contributed by atoms with Gasteiger partial charge in [-0.2, -0.15) is 0 Å². The molecule has 98 valence electrons. The van der Waals surface area contributed by atoms with E-state index in [4.69, 9.17) is 9.31 Å². The fourth-order valence-electron chi connectivity index (χ4n) is 1.34. The van der Waals surface area contributed by atoms with Crippen LogP contribution in [0.3, 0.4) is 0 Å². The van der Waals surface area contributed by atoms with Crippen molar-refractivity contribution in [3.05, 3.63) is 36.9 Å². The van der Waals surface area contributed by atoms with Crippen molar-refractivity contribution in [1.29, 1.82) is 0 Å². The zero-order chi connectivity index (χ0) is 13.5. The van der Waals surface area contributed by atoms with Crippen LogP contribution in [-0.2, 0) is 0 Å². The summed E-state index contributed by atoms with van der Waals surface area (Å²) in [7, 11) is 0.138. The Morgan fingerprint density at radius 1 is 0.842 bits per heavy atom. The minimum atomic E-state index is 0.138. The molecule has 0 fully saturated rings. The van der Waals surface area contributed by atoms with E-state index in [2.05, 4.69) is 9.97 Å². The predicted octanol–water partition coefficient (Wildman–Crippen LogP) is 2.64. The van der Waals surface area contributed by atoms with Gasteiger partial charge in [-0.25, -0.2) is 0 Å². The highest BCUT2D eigenvalue weighted by molar-refractivity contribution is 7.98.